The molecule has 5 nitrogen and oxygen atoms in total. The molecule has 0 radical (unpaired) electrons. The molecule has 3 atom stereocenters. The number of nitrogens with zero attached hydrogens (tertiary/aromatic N) is 2. The van der Waals surface area contributed by atoms with Gasteiger partial charge in [0.2, 0.25) is 0 Å². The van der Waals surface area contributed by atoms with Crippen LogP contribution in [0.3, 0.4) is 0 Å². The molecule has 1 saturated carbocycles. The lowest BCUT2D eigenvalue weighted by molar-refractivity contribution is 0.0956. The summed E-state index contributed by atoms with van der Waals surface area (Å²) in [6.45, 7) is 5.73. The Morgan fingerprint density at radius 1 is 1.24 bits per heavy atom. The smallest absolute Gasteiger partial charge is 0.263 e. The average Bonchev–Trinajstić information content (AvgIpc) is 3.30. The molecule has 0 spiro atoms. The summed E-state index contributed by atoms with van der Waals surface area (Å²) >= 11 is 1.15. The number of anilines is 2. The fraction of sp³-hybridized carbons (Fsp3) is 0.440. The fourth-order valence-corrected chi connectivity index (χ4v) is 6.25. The Morgan fingerprint density at radius 3 is 2.67 bits per heavy atom. The second-order valence-electron chi connectivity index (χ2n) is 9.53. The zero-order valence-corrected chi connectivity index (χ0v) is 19.6. The summed E-state index contributed by atoms with van der Waals surface area (Å²) in [6.07, 6.45) is 3.79. The summed E-state index contributed by atoms with van der Waals surface area (Å²) in [7, 11) is 0. The van der Waals surface area contributed by atoms with Gasteiger partial charge in [-0.3, -0.25) is 4.79 Å². The number of rotatable bonds is 5. The largest absolute Gasteiger partial charge is 0.397 e. The van der Waals surface area contributed by atoms with E-state index in [9.17, 15) is 13.6 Å². The van der Waals surface area contributed by atoms with Gasteiger partial charge in [0.05, 0.1) is 17.1 Å². The van der Waals surface area contributed by atoms with Gasteiger partial charge in [-0.15, -0.1) is 11.3 Å². The summed E-state index contributed by atoms with van der Waals surface area (Å²) in [6, 6.07) is 6.74. The zero-order valence-electron chi connectivity index (χ0n) is 18.8. The van der Waals surface area contributed by atoms with Crippen LogP contribution in [0.5, 0.6) is 0 Å². The molecule has 1 aliphatic heterocycles. The molecule has 2 aromatic heterocycles. The van der Waals surface area contributed by atoms with Crippen LogP contribution in [0.2, 0.25) is 0 Å². The molecule has 1 amide bonds. The highest BCUT2D eigenvalue weighted by Crippen LogP contribution is 2.39. The first-order valence-electron chi connectivity index (χ1n) is 11.5. The molecule has 1 saturated heterocycles. The molecule has 2 aliphatic rings. The van der Waals surface area contributed by atoms with Crippen LogP contribution in [0, 0.1) is 30.4 Å². The molecule has 33 heavy (non-hydrogen) atoms. The van der Waals surface area contributed by atoms with Gasteiger partial charge in [0.25, 0.3) is 5.91 Å². The van der Waals surface area contributed by atoms with Crippen LogP contribution in [-0.2, 0) is 0 Å². The maximum absolute atomic E-state index is 15.0. The van der Waals surface area contributed by atoms with Gasteiger partial charge in [0.1, 0.15) is 21.3 Å². The van der Waals surface area contributed by atoms with E-state index in [1.165, 1.54) is 25.3 Å². The molecule has 1 aromatic carbocycles. The van der Waals surface area contributed by atoms with Crippen molar-refractivity contribution in [3.05, 3.63) is 52.0 Å². The molecule has 3 N–H and O–H groups in total. The molecule has 3 aromatic rings. The van der Waals surface area contributed by atoms with Crippen LogP contribution >= 0.6 is 11.3 Å². The number of thiophene rings is 1. The average molecular weight is 471 g/mol. The number of hydrogen-bond donors (Lipinski definition) is 2. The van der Waals surface area contributed by atoms with Gasteiger partial charge in [0.15, 0.2) is 0 Å². The number of amides is 1. The van der Waals surface area contributed by atoms with Crippen LogP contribution in [-0.4, -0.2) is 30.5 Å². The Kier molecular flexibility index (Phi) is 5.72. The number of halogens is 2. The minimum Gasteiger partial charge on any atom is -0.397 e. The second-order valence-corrected chi connectivity index (χ2v) is 10.5. The number of benzene rings is 1. The molecule has 174 valence electrons. The van der Waals surface area contributed by atoms with Gasteiger partial charge >= 0.3 is 0 Å². The Hall–Kier alpha value is -2.74. The van der Waals surface area contributed by atoms with Gasteiger partial charge in [-0.25, -0.2) is 13.8 Å². The van der Waals surface area contributed by atoms with Crippen molar-refractivity contribution in [3.63, 3.8) is 0 Å². The highest BCUT2D eigenvalue weighted by molar-refractivity contribution is 7.21. The predicted octanol–water partition coefficient (Wildman–Crippen LogP) is 5.23. The number of hydrogen-bond acceptors (Lipinski definition) is 5. The SMILES string of the molecule is Cc1nc2sc(C(=O)NC[C@@H](C)c3ccc(N4CC5CCC(C5)C4)c(F)c3)c(N)c2cc1F. The lowest BCUT2D eigenvalue weighted by Gasteiger charge is -2.34. The van der Waals surface area contributed by atoms with Gasteiger partial charge in [-0.2, -0.15) is 0 Å². The number of fused-ring (bicyclic) bond motifs is 3. The first-order chi connectivity index (χ1) is 15.8. The van der Waals surface area contributed by atoms with Crippen molar-refractivity contribution in [3.8, 4) is 0 Å². The van der Waals surface area contributed by atoms with Crippen LogP contribution in [0.15, 0.2) is 24.3 Å². The first kappa shape index (κ1) is 22.1. The summed E-state index contributed by atoms with van der Waals surface area (Å²) in [5.41, 5.74) is 8.11. The number of aromatic nitrogens is 1. The van der Waals surface area contributed by atoms with E-state index < -0.39 is 5.82 Å². The van der Waals surface area contributed by atoms with E-state index >= 15 is 0 Å². The van der Waals surface area contributed by atoms with Gasteiger partial charge in [-0.1, -0.05) is 13.0 Å². The number of nitrogens with two attached hydrogens (primary N) is 1. The van der Waals surface area contributed by atoms with Crippen molar-refractivity contribution in [1.82, 2.24) is 10.3 Å². The molecule has 1 aliphatic carbocycles. The topological polar surface area (TPSA) is 71.2 Å². The standard InChI is InChI=1S/C25H28F2N4OS/c1-13(10-29-24(32)23-22(28)18-9-19(26)14(2)30-25(18)33-23)17-5-6-21(20(27)8-17)31-11-15-3-4-16(7-15)12-31/h5-6,8-9,13,15-16H,3-4,7,10-12,28H2,1-2H3,(H,29,32)/t13-,15?,16?/m1/s1. The highest BCUT2D eigenvalue weighted by atomic mass is 32.1. The quantitative estimate of drug-likeness (QED) is 0.535. The third-order valence-electron chi connectivity index (χ3n) is 7.11. The van der Waals surface area contributed by atoms with Crippen molar-refractivity contribution >= 4 is 38.8 Å². The minimum atomic E-state index is -0.449. The Labute approximate surface area is 196 Å². The molecule has 8 heteroatoms. The predicted molar refractivity (Wildman–Crippen MR) is 129 cm³/mol. The number of carbonyl (C=O) groups is 1. The molecule has 5 rings (SSSR count). The Morgan fingerprint density at radius 2 is 1.97 bits per heavy atom. The summed E-state index contributed by atoms with van der Waals surface area (Å²) < 4.78 is 28.8. The molecule has 2 fully saturated rings. The lowest BCUT2D eigenvalue weighted by Crippen LogP contribution is -2.36. The monoisotopic (exact) mass is 470 g/mol. The van der Waals surface area contributed by atoms with Crippen LogP contribution < -0.4 is 16.0 Å². The van der Waals surface area contributed by atoms with Crippen LogP contribution in [0.1, 0.15) is 53.0 Å². The van der Waals surface area contributed by atoms with E-state index in [4.69, 9.17) is 5.73 Å². The molecular formula is C25H28F2N4OS. The van der Waals surface area contributed by atoms with E-state index in [0.29, 0.717) is 39.2 Å². The normalized spacial score (nSPS) is 20.9. The van der Waals surface area contributed by atoms with Crippen molar-refractivity contribution < 1.29 is 13.6 Å². The molecule has 2 unspecified atom stereocenters. The van der Waals surface area contributed by atoms with Crippen LogP contribution in [0.25, 0.3) is 10.2 Å². The molecular weight excluding hydrogens is 442 g/mol. The minimum absolute atomic E-state index is 0.0801. The van der Waals surface area contributed by atoms with E-state index in [1.54, 1.807) is 13.0 Å². The maximum atomic E-state index is 15.0. The maximum Gasteiger partial charge on any atom is 0.263 e. The lowest BCUT2D eigenvalue weighted by atomic mass is 9.96. The van der Waals surface area contributed by atoms with Gasteiger partial charge in [0, 0.05) is 25.0 Å². The summed E-state index contributed by atoms with van der Waals surface area (Å²) in [4.78, 5) is 20.0. The Bertz CT molecular complexity index is 1210. The van der Waals surface area contributed by atoms with Gasteiger partial charge < -0.3 is 16.0 Å². The highest BCUT2D eigenvalue weighted by Gasteiger charge is 2.33. The first-order valence-corrected chi connectivity index (χ1v) is 12.3. The number of carbonyl (C=O) groups excluding carboxylic acids is 1. The summed E-state index contributed by atoms with van der Waals surface area (Å²) in [5.74, 6) is 0.312. The van der Waals surface area contributed by atoms with Crippen molar-refractivity contribution in [2.45, 2.75) is 39.0 Å². The number of piperidine rings is 1. The van der Waals surface area contributed by atoms with Crippen molar-refractivity contribution in [2.75, 3.05) is 30.3 Å². The third-order valence-corrected chi connectivity index (χ3v) is 8.23. The number of pyridine rings is 1. The van der Waals surface area contributed by atoms with E-state index in [0.717, 1.165) is 30.0 Å². The number of nitrogen functional groups attached to an aromatic ring is 1. The summed E-state index contributed by atoms with van der Waals surface area (Å²) in [5, 5.41) is 3.33. The second kappa shape index (κ2) is 8.56. The molecule has 2 bridgehead atoms. The fourth-order valence-electron chi connectivity index (χ4n) is 5.21. The van der Waals surface area contributed by atoms with E-state index in [2.05, 4.69) is 15.2 Å². The molecule has 3 heterocycles. The van der Waals surface area contributed by atoms with Gasteiger partial charge in [-0.05, 0) is 67.7 Å². The Balaban J connectivity index is 1.26. The van der Waals surface area contributed by atoms with Crippen molar-refractivity contribution in [2.24, 2.45) is 11.8 Å². The third kappa shape index (κ3) is 4.16. The number of nitrogens with one attached hydrogen (secondary N) is 1. The zero-order chi connectivity index (χ0) is 23.3. The van der Waals surface area contributed by atoms with E-state index in [-0.39, 0.29) is 29.0 Å². The van der Waals surface area contributed by atoms with Crippen molar-refractivity contribution in [1.29, 1.82) is 0 Å². The number of aryl methyl sites for hydroxylation is 1. The van der Waals surface area contributed by atoms with E-state index in [1.807, 2.05) is 19.1 Å². The van der Waals surface area contributed by atoms with Crippen LogP contribution in [0.4, 0.5) is 20.2 Å².